The zero-order valence-electron chi connectivity index (χ0n) is 11.5. The van der Waals surface area contributed by atoms with Crippen LogP contribution in [0.4, 0.5) is 4.39 Å². The number of ether oxygens (including phenoxy) is 1. The second-order valence-corrected chi connectivity index (χ2v) is 5.25. The summed E-state index contributed by atoms with van der Waals surface area (Å²) in [5, 5.41) is 3.46. The highest BCUT2D eigenvalue weighted by molar-refractivity contribution is 7.98. The molecule has 0 saturated heterocycles. The van der Waals surface area contributed by atoms with Gasteiger partial charge < -0.3 is 10.1 Å². The minimum Gasteiger partial charge on any atom is -0.497 e. The largest absolute Gasteiger partial charge is 0.497 e. The van der Waals surface area contributed by atoms with Crippen molar-refractivity contribution in [1.82, 2.24) is 5.32 Å². The van der Waals surface area contributed by atoms with Gasteiger partial charge >= 0.3 is 0 Å². The molecule has 0 fully saturated rings. The molecule has 0 aromatic heterocycles. The summed E-state index contributed by atoms with van der Waals surface area (Å²) in [6.07, 6.45) is 3.13. The third-order valence-corrected chi connectivity index (χ3v) is 3.76. The molecule has 4 heteroatoms. The van der Waals surface area contributed by atoms with Crippen LogP contribution >= 0.6 is 11.8 Å². The van der Waals surface area contributed by atoms with Gasteiger partial charge in [0.05, 0.1) is 7.11 Å². The number of thioether (sulfide) groups is 1. The first-order valence-electron chi connectivity index (χ1n) is 6.20. The number of benzene rings is 1. The van der Waals surface area contributed by atoms with Crippen LogP contribution in [-0.2, 0) is 0 Å². The van der Waals surface area contributed by atoms with Crippen molar-refractivity contribution in [3.05, 3.63) is 29.6 Å². The van der Waals surface area contributed by atoms with Crippen molar-refractivity contribution < 1.29 is 9.13 Å². The van der Waals surface area contributed by atoms with Crippen molar-refractivity contribution in [1.29, 1.82) is 0 Å². The Morgan fingerprint density at radius 2 is 2.17 bits per heavy atom. The molecule has 0 heterocycles. The van der Waals surface area contributed by atoms with E-state index in [9.17, 15) is 4.39 Å². The normalized spacial score (nSPS) is 14.3. The maximum atomic E-state index is 13.9. The van der Waals surface area contributed by atoms with Crippen molar-refractivity contribution in [2.45, 2.75) is 32.4 Å². The topological polar surface area (TPSA) is 21.3 Å². The number of methoxy groups -OCH3 is 1. The van der Waals surface area contributed by atoms with E-state index in [-0.39, 0.29) is 11.9 Å². The Bertz CT molecular complexity index is 373. The molecule has 0 aliphatic carbocycles. The van der Waals surface area contributed by atoms with E-state index in [1.54, 1.807) is 31.0 Å². The zero-order valence-corrected chi connectivity index (χ0v) is 12.3. The fourth-order valence-electron chi connectivity index (χ4n) is 1.91. The maximum absolute atomic E-state index is 13.9. The van der Waals surface area contributed by atoms with Gasteiger partial charge in [0.1, 0.15) is 11.6 Å². The van der Waals surface area contributed by atoms with Crippen LogP contribution in [0.25, 0.3) is 0 Å². The van der Waals surface area contributed by atoms with Crippen molar-refractivity contribution in [3.63, 3.8) is 0 Å². The molecule has 0 bridgehead atoms. The predicted molar refractivity (Wildman–Crippen MR) is 77.0 cm³/mol. The van der Waals surface area contributed by atoms with Crippen molar-refractivity contribution in [2.24, 2.45) is 0 Å². The molecule has 0 radical (unpaired) electrons. The molecule has 102 valence electrons. The smallest absolute Gasteiger partial charge is 0.131 e. The highest BCUT2D eigenvalue weighted by atomic mass is 32.2. The lowest BCUT2D eigenvalue weighted by Gasteiger charge is -2.22. The van der Waals surface area contributed by atoms with Gasteiger partial charge in [0.25, 0.3) is 0 Å². The summed E-state index contributed by atoms with van der Waals surface area (Å²) in [6.45, 7) is 4.14. The summed E-state index contributed by atoms with van der Waals surface area (Å²) in [6, 6.07) is 5.44. The Morgan fingerprint density at radius 3 is 2.67 bits per heavy atom. The number of halogens is 1. The number of nitrogens with one attached hydrogen (secondary N) is 1. The van der Waals surface area contributed by atoms with Crippen molar-refractivity contribution >= 4 is 11.8 Å². The average molecular weight is 271 g/mol. The first-order chi connectivity index (χ1) is 8.62. The first-order valence-corrected chi connectivity index (χ1v) is 7.60. The molecular formula is C14H22FNOS. The van der Waals surface area contributed by atoms with Gasteiger partial charge in [-0.1, -0.05) is 13.0 Å². The van der Waals surface area contributed by atoms with Crippen molar-refractivity contribution in [3.8, 4) is 5.75 Å². The SMILES string of the molecule is CCC(CSC)NC(C)c1ccc(OC)cc1F. The van der Waals surface area contributed by atoms with Crippen LogP contribution in [0.5, 0.6) is 5.75 Å². The highest BCUT2D eigenvalue weighted by Gasteiger charge is 2.15. The van der Waals surface area contributed by atoms with E-state index in [1.165, 1.54) is 6.07 Å². The molecule has 0 aliphatic heterocycles. The van der Waals surface area contributed by atoms with Crippen LogP contribution in [0.15, 0.2) is 18.2 Å². The van der Waals surface area contributed by atoms with E-state index in [2.05, 4.69) is 18.5 Å². The molecule has 2 atom stereocenters. The molecule has 2 unspecified atom stereocenters. The minimum absolute atomic E-state index is 0.00741. The van der Waals surface area contributed by atoms with Gasteiger partial charge in [-0.05, 0) is 25.7 Å². The Morgan fingerprint density at radius 1 is 1.44 bits per heavy atom. The molecule has 0 saturated carbocycles. The van der Waals surface area contributed by atoms with Crippen LogP contribution in [0, 0.1) is 5.82 Å². The third-order valence-electron chi connectivity index (χ3n) is 3.02. The lowest BCUT2D eigenvalue weighted by Crippen LogP contribution is -2.33. The fraction of sp³-hybridized carbons (Fsp3) is 0.571. The molecule has 0 spiro atoms. The molecule has 0 amide bonds. The zero-order chi connectivity index (χ0) is 13.5. The lowest BCUT2D eigenvalue weighted by molar-refractivity contribution is 0.408. The Labute approximate surface area is 113 Å². The van der Waals surface area contributed by atoms with Crippen LogP contribution in [-0.4, -0.2) is 25.2 Å². The van der Waals surface area contributed by atoms with Crippen LogP contribution < -0.4 is 10.1 Å². The Balaban J connectivity index is 2.74. The first kappa shape index (κ1) is 15.3. The second-order valence-electron chi connectivity index (χ2n) is 4.34. The fourth-order valence-corrected chi connectivity index (χ4v) is 2.65. The number of hydrogen-bond donors (Lipinski definition) is 1. The van der Waals surface area contributed by atoms with Gasteiger partial charge in [0, 0.05) is 29.5 Å². The quantitative estimate of drug-likeness (QED) is 0.818. The lowest BCUT2D eigenvalue weighted by atomic mass is 10.1. The monoisotopic (exact) mass is 271 g/mol. The third kappa shape index (κ3) is 4.18. The van der Waals surface area contributed by atoms with E-state index >= 15 is 0 Å². The van der Waals surface area contributed by atoms with Crippen LogP contribution in [0.2, 0.25) is 0 Å². The molecule has 18 heavy (non-hydrogen) atoms. The Hall–Kier alpha value is -0.740. The van der Waals surface area contributed by atoms with E-state index < -0.39 is 0 Å². The van der Waals surface area contributed by atoms with Gasteiger partial charge in [-0.25, -0.2) is 4.39 Å². The van der Waals surface area contributed by atoms with Crippen LogP contribution in [0.3, 0.4) is 0 Å². The van der Waals surface area contributed by atoms with Gasteiger partial charge in [-0.15, -0.1) is 0 Å². The number of hydrogen-bond acceptors (Lipinski definition) is 3. The standard InChI is InChI=1S/C14H22FNOS/c1-5-11(9-18-4)16-10(2)13-7-6-12(17-3)8-14(13)15/h6-8,10-11,16H,5,9H2,1-4H3. The predicted octanol–water partition coefficient (Wildman–Crippen LogP) is 3.63. The summed E-state index contributed by atoms with van der Waals surface area (Å²) in [7, 11) is 1.54. The Kier molecular flexibility index (Phi) is 6.50. The summed E-state index contributed by atoms with van der Waals surface area (Å²) >= 11 is 1.81. The van der Waals surface area contributed by atoms with Gasteiger partial charge in [0.15, 0.2) is 0 Å². The maximum Gasteiger partial charge on any atom is 0.131 e. The average Bonchev–Trinajstić information content (AvgIpc) is 2.37. The summed E-state index contributed by atoms with van der Waals surface area (Å²) in [4.78, 5) is 0. The van der Waals surface area contributed by atoms with E-state index in [4.69, 9.17) is 4.74 Å². The molecule has 1 aromatic carbocycles. The molecule has 1 rings (SSSR count). The number of rotatable bonds is 7. The summed E-state index contributed by atoms with van der Waals surface area (Å²) in [5.74, 6) is 1.38. The van der Waals surface area contributed by atoms with E-state index in [0.717, 1.165) is 12.2 Å². The molecule has 1 aromatic rings. The van der Waals surface area contributed by atoms with Gasteiger partial charge in [-0.3, -0.25) is 0 Å². The second kappa shape index (κ2) is 7.64. The highest BCUT2D eigenvalue weighted by Crippen LogP contribution is 2.22. The van der Waals surface area contributed by atoms with E-state index in [0.29, 0.717) is 17.4 Å². The van der Waals surface area contributed by atoms with E-state index in [1.807, 2.05) is 6.92 Å². The molecule has 1 N–H and O–H groups in total. The molecule has 0 aliphatic rings. The minimum atomic E-state index is -0.214. The summed E-state index contributed by atoms with van der Waals surface area (Å²) in [5.41, 5.74) is 0.690. The van der Waals surface area contributed by atoms with Crippen molar-refractivity contribution in [2.75, 3.05) is 19.1 Å². The van der Waals surface area contributed by atoms with Gasteiger partial charge in [0.2, 0.25) is 0 Å². The molecular weight excluding hydrogens is 249 g/mol. The summed E-state index contributed by atoms with van der Waals surface area (Å²) < 4.78 is 18.9. The van der Waals surface area contributed by atoms with Gasteiger partial charge in [-0.2, -0.15) is 11.8 Å². The molecule has 2 nitrogen and oxygen atoms in total. The van der Waals surface area contributed by atoms with Crippen LogP contribution in [0.1, 0.15) is 31.9 Å².